The van der Waals surface area contributed by atoms with Crippen LogP contribution in [0, 0.1) is 13.8 Å². The number of aromatic nitrogens is 5. The standard InChI is InChI=1S/C17H19N7O/c1-12-3-4-14(10-18-12)16(25)23-7-5-22(6-8-23)15-9-13(2)21-17-19-11-20-24(15)17/h3-4,9-11H,5-8H2,1-2H3. The van der Waals surface area contributed by atoms with Crippen LogP contribution in [0.2, 0.25) is 0 Å². The number of hydrogen-bond acceptors (Lipinski definition) is 6. The molecule has 0 saturated carbocycles. The van der Waals surface area contributed by atoms with Gasteiger partial charge in [-0.15, -0.1) is 0 Å². The third-order valence-electron chi connectivity index (χ3n) is 4.41. The number of rotatable bonds is 2. The summed E-state index contributed by atoms with van der Waals surface area (Å²) in [6, 6.07) is 5.70. The SMILES string of the molecule is Cc1ccc(C(=O)N2CCN(c3cc(C)nc4ncnn34)CC2)cn1. The molecule has 1 saturated heterocycles. The summed E-state index contributed by atoms with van der Waals surface area (Å²) in [5.74, 6) is 1.59. The molecule has 3 aromatic rings. The van der Waals surface area contributed by atoms with Crippen molar-refractivity contribution in [1.29, 1.82) is 0 Å². The molecule has 0 bridgehead atoms. The van der Waals surface area contributed by atoms with Crippen LogP contribution < -0.4 is 4.90 Å². The monoisotopic (exact) mass is 337 g/mol. The Bertz CT molecular complexity index is 910. The van der Waals surface area contributed by atoms with Crippen LogP contribution in [0.15, 0.2) is 30.7 Å². The van der Waals surface area contributed by atoms with Gasteiger partial charge in [0.05, 0.1) is 5.56 Å². The highest BCUT2D eigenvalue weighted by Crippen LogP contribution is 2.18. The Morgan fingerprint density at radius 2 is 1.84 bits per heavy atom. The van der Waals surface area contributed by atoms with Crippen LogP contribution in [0.4, 0.5) is 5.82 Å². The van der Waals surface area contributed by atoms with Crippen LogP contribution in [0.1, 0.15) is 21.7 Å². The van der Waals surface area contributed by atoms with Gasteiger partial charge in [0.1, 0.15) is 12.1 Å². The maximum absolute atomic E-state index is 12.6. The van der Waals surface area contributed by atoms with Crippen LogP contribution >= 0.6 is 0 Å². The van der Waals surface area contributed by atoms with Crippen LogP contribution in [-0.2, 0) is 0 Å². The Morgan fingerprint density at radius 3 is 2.56 bits per heavy atom. The largest absolute Gasteiger partial charge is 0.353 e. The minimum Gasteiger partial charge on any atom is -0.353 e. The van der Waals surface area contributed by atoms with E-state index in [1.165, 1.54) is 6.33 Å². The molecule has 8 heteroatoms. The van der Waals surface area contributed by atoms with E-state index < -0.39 is 0 Å². The first-order chi connectivity index (χ1) is 12.1. The Morgan fingerprint density at radius 1 is 1.04 bits per heavy atom. The summed E-state index contributed by atoms with van der Waals surface area (Å²) in [6.07, 6.45) is 3.16. The van der Waals surface area contributed by atoms with Crippen molar-refractivity contribution < 1.29 is 4.79 Å². The highest BCUT2D eigenvalue weighted by molar-refractivity contribution is 5.94. The van der Waals surface area contributed by atoms with Gasteiger partial charge in [-0.25, -0.2) is 4.98 Å². The van der Waals surface area contributed by atoms with Crippen molar-refractivity contribution in [2.75, 3.05) is 31.1 Å². The molecule has 0 aliphatic carbocycles. The first-order valence-electron chi connectivity index (χ1n) is 8.26. The maximum Gasteiger partial charge on any atom is 0.255 e. The zero-order valence-corrected chi connectivity index (χ0v) is 14.3. The predicted molar refractivity (Wildman–Crippen MR) is 92.6 cm³/mol. The molecule has 1 fully saturated rings. The second-order valence-electron chi connectivity index (χ2n) is 6.20. The highest BCUT2D eigenvalue weighted by Gasteiger charge is 2.24. The zero-order chi connectivity index (χ0) is 17.4. The van der Waals surface area contributed by atoms with Crippen LogP contribution in [-0.4, -0.2) is 61.6 Å². The van der Waals surface area contributed by atoms with Crippen LogP contribution in [0.25, 0.3) is 5.78 Å². The summed E-state index contributed by atoms with van der Waals surface area (Å²) in [4.78, 5) is 29.4. The van der Waals surface area contributed by atoms with Crippen molar-refractivity contribution in [2.24, 2.45) is 0 Å². The van der Waals surface area contributed by atoms with Gasteiger partial charge < -0.3 is 9.80 Å². The predicted octanol–water partition coefficient (Wildman–Crippen LogP) is 1.10. The molecule has 1 aliphatic rings. The second-order valence-corrected chi connectivity index (χ2v) is 6.20. The third kappa shape index (κ3) is 2.90. The summed E-state index contributed by atoms with van der Waals surface area (Å²) in [6.45, 7) is 6.65. The number of piperazine rings is 1. The van der Waals surface area contributed by atoms with E-state index in [4.69, 9.17) is 0 Å². The molecule has 4 rings (SSSR count). The van der Waals surface area contributed by atoms with Crippen LogP contribution in [0.3, 0.4) is 0 Å². The number of aryl methyl sites for hydroxylation is 2. The number of carbonyl (C=O) groups excluding carboxylic acids is 1. The molecule has 8 nitrogen and oxygen atoms in total. The number of carbonyl (C=O) groups is 1. The molecule has 0 spiro atoms. The maximum atomic E-state index is 12.6. The van der Waals surface area contributed by atoms with Gasteiger partial charge in [-0.1, -0.05) is 0 Å². The highest BCUT2D eigenvalue weighted by atomic mass is 16.2. The summed E-state index contributed by atoms with van der Waals surface area (Å²) >= 11 is 0. The smallest absolute Gasteiger partial charge is 0.255 e. The van der Waals surface area contributed by atoms with Crippen molar-refractivity contribution in [3.63, 3.8) is 0 Å². The zero-order valence-electron chi connectivity index (χ0n) is 14.3. The van der Waals surface area contributed by atoms with E-state index in [-0.39, 0.29) is 5.91 Å². The molecule has 4 heterocycles. The van der Waals surface area contributed by atoms with E-state index in [1.807, 2.05) is 36.9 Å². The molecular weight excluding hydrogens is 318 g/mol. The molecule has 1 amide bonds. The topological polar surface area (TPSA) is 79.5 Å². The van der Waals surface area contributed by atoms with E-state index in [0.29, 0.717) is 24.4 Å². The normalized spacial score (nSPS) is 15.0. The van der Waals surface area contributed by atoms with Crippen molar-refractivity contribution >= 4 is 17.5 Å². The third-order valence-corrected chi connectivity index (χ3v) is 4.41. The average Bonchev–Trinajstić information content (AvgIpc) is 3.09. The Balaban J connectivity index is 1.50. The fourth-order valence-corrected chi connectivity index (χ4v) is 3.05. The van der Waals surface area contributed by atoms with Crippen LogP contribution in [0.5, 0.6) is 0 Å². The first-order valence-corrected chi connectivity index (χ1v) is 8.26. The number of amides is 1. The molecule has 0 atom stereocenters. The summed E-state index contributed by atoms with van der Waals surface area (Å²) in [5, 5.41) is 4.26. The number of pyridine rings is 1. The fraction of sp³-hybridized carbons (Fsp3) is 0.353. The molecule has 0 radical (unpaired) electrons. The average molecular weight is 337 g/mol. The lowest BCUT2D eigenvalue weighted by Gasteiger charge is -2.36. The first kappa shape index (κ1) is 15.5. The minimum atomic E-state index is 0.0314. The Labute approximate surface area is 145 Å². The summed E-state index contributed by atoms with van der Waals surface area (Å²) in [7, 11) is 0. The number of hydrogen-bond donors (Lipinski definition) is 0. The quantitative estimate of drug-likeness (QED) is 0.697. The lowest BCUT2D eigenvalue weighted by Crippen LogP contribution is -2.49. The second kappa shape index (κ2) is 6.12. The summed E-state index contributed by atoms with van der Waals surface area (Å²) < 4.78 is 1.74. The van der Waals surface area contributed by atoms with Crippen molar-refractivity contribution in [3.05, 3.63) is 47.7 Å². The molecule has 25 heavy (non-hydrogen) atoms. The van der Waals surface area contributed by atoms with E-state index in [9.17, 15) is 4.79 Å². The van der Waals surface area contributed by atoms with Gasteiger partial charge in [0.2, 0.25) is 0 Å². The van der Waals surface area contributed by atoms with Gasteiger partial charge in [-0.05, 0) is 26.0 Å². The van der Waals surface area contributed by atoms with E-state index in [2.05, 4.69) is 25.0 Å². The molecule has 3 aromatic heterocycles. The van der Waals surface area contributed by atoms with Crippen molar-refractivity contribution in [1.82, 2.24) is 29.5 Å². The Hall–Kier alpha value is -3.03. The van der Waals surface area contributed by atoms with Crippen molar-refractivity contribution in [2.45, 2.75) is 13.8 Å². The van der Waals surface area contributed by atoms with Gasteiger partial charge in [-0.3, -0.25) is 9.78 Å². The lowest BCUT2D eigenvalue weighted by molar-refractivity contribution is 0.0746. The molecule has 128 valence electrons. The molecular formula is C17H19N7O. The van der Waals surface area contributed by atoms with Gasteiger partial charge in [-0.2, -0.15) is 14.6 Å². The van der Waals surface area contributed by atoms with E-state index in [1.54, 1.807) is 10.7 Å². The minimum absolute atomic E-state index is 0.0314. The summed E-state index contributed by atoms with van der Waals surface area (Å²) in [5.41, 5.74) is 2.45. The lowest BCUT2D eigenvalue weighted by atomic mass is 10.2. The van der Waals surface area contributed by atoms with E-state index in [0.717, 1.165) is 30.3 Å². The number of fused-ring (bicyclic) bond motifs is 1. The van der Waals surface area contributed by atoms with Crippen molar-refractivity contribution in [3.8, 4) is 0 Å². The molecule has 1 aliphatic heterocycles. The van der Waals surface area contributed by atoms with Gasteiger partial charge in [0.25, 0.3) is 11.7 Å². The van der Waals surface area contributed by atoms with Gasteiger partial charge >= 0.3 is 0 Å². The molecule has 0 N–H and O–H groups in total. The van der Waals surface area contributed by atoms with Gasteiger partial charge in [0, 0.05) is 49.8 Å². The number of nitrogens with zero attached hydrogens (tertiary/aromatic N) is 7. The van der Waals surface area contributed by atoms with E-state index >= 15 is 0 Å². The Kier molecular flexibility index (Phi) is 3.79. The van der Waals surface area contributed by atoms with Gasteiger partial charge in [0.15, 0.2) is 0 Å². The fourth-order valence-electron chi connectivity index (χ4n) is 3.05. The molecule has 0 unspecified atom stereocenters. The number of anilines is 1. The molecule has 0 aromatic carbocycles.